The molecular formula is C14H10BrF4N. The molecule has 106 valence electrons. The minimum absolute atomic E-state index is 0.156. The summed E-state index contributed by atoms with van der Waals surface area (Å²) in [6, 6.07) is 5.86. The number of nitrogens with one attached hydrogen (secondary N) is 1. The largest absolute Gasteiger partial charge is 0.376 e. The molecule has 2 aromatic carbocycles. The zero-order valence-electron chi connectivity index (χ0n) is 10.4. The van der Waals surface area contributed by atoms with Gasteiger partial charge in [-0.3, -0.25) is 0 Å². The molecular weight excluding hydrogens is 338 g/mol. The van der Waals surface area contributed by atoms with Crippen molar-refractivity contribution >= 4 is 21.6 Å². The third-order valence-electron chi connectivity index (χ3n) is 2.85. The standard InChI is InChI=1S/C14H10BrF4N/c1-7(8-2-3-10(16)9(15)6-8)20-12-5-4-11(17)13(18)14(12)19/h2-7,20H,1H3. The zero-order chi connectivity index (χ0) is 14.9. The first-order valence-corrected chi connectivity index (χ1v) is 6.54. The summed E-state index contributed by atoms with van der Waals surface area (Å²) in [6.45, 7) is 1.69. The molecule has 0 radical (unpaired) electrons. The van der Waals surface area contributed by atoms with Crippen LogP contribution in [0.1, 0.15) is 18.5 Å². The van der Waals surface area contributed by atoms with Crippen LogP contribution in [0, 0.1) is 23.3 Å². The van der Waals surface area contributed by atoms with E-state index in [1.54, 1.807) is 6.92 Å². The Labute approximate surface area is 121 Å². The average Bonchev–Trinajstić information content (AvgIpc) is 2.42. The number of hydrogen-bond donors (Lipinski definition) is 1. The van der Waals surface area contributed by atoms with Gasteiger partial charge in [-0.15, -0.1) is 0 Å². The summed E-state index contributed by atoms with van der Waals surface area (Å²) in [5.41, 5.74) is 0.513. The summed E-state index contributed by atoms with van der Waals surface area (Å²) >= 11 is 3.05. The molecule has 0 amide bonds. The van der Waals surface area contributed by atoms with E-state index in [-0.39, 0.29) is 10.2 Å². The highest BCUT2D eigenvalue weighted by Crippen LogP contribution is 2.26. The van der Waals surface area contributed by atoms with Crippen molar-refractivity contribution in [3.63, 3.8) is 0 Å². The van der Waals surface area contributed by atoms with Crippen molar-refractivity contribution in [1.29, 1.82) is 0 Å². The molecule has 0 aromatic heterocycles. The van der Waals surface area contributed by atoms with Crippen LogP contribution in [0.4, 0.5) is 23.2 Å². The van der Waals surface area contributed by atoms with Crippen molar-refractivity contribution in [1.82, 2.24) is 0 Å². The molecule has 1 N–H and O–H groups in total. The van der Waals surface area contributed by atoms with Gasteiger partial charge in [-0.25, -0.2) is 17.6 Å². The first kappa shape index (κ1) is 14.8. The number of benzene rings is 2. The summed E-state index contributed by atoms with van der Waals surface area (Å²) in [6.07, 6.45) is 0. The Bertz CT molecular complexity index is 645. The summed E-state index contributed by atoms with van der Waals surface area (Å²) in [7, 11) is 0. The Morgan fingerprint density at radius 1 is 0.950 bits per heavy atom. The minimum Gasteiger partial charge on any atom is -0.376 e. The van der Waals surface area contributed by atoms with E-state index >= 15 is 0 Å². The number of rotatable bonds is 3. The van der Waals surface area contributed by atoms with E-state index < -0.39 is 29.3 Å². The van der Waals surface area contributed by atoms with Crippen LogP contribution in [0.5, 0.6) is 0 Å². The fourth-order valence-electron chi connectivity index (χ4n) is 1.74. The highest BCUT2D eigenvalue weighted by atomic mass is 79.9. The highest BCUT2D eigenvalue weighted by molar-refractivity contribution is 9.10. The lowest BCUT2D eigenvalue weighted by molar-refractivity contribution is 0.448. The van der Waals surface area contributed by atoms with Crippen molar-refractivity contribution in [2.24, 2.45) is 0 Å². The van der Waals surface area contributed by atoms with Gasteiger partial charge in [0.1, 0.15) is 5.82 Å². The Balaban J connectivity index is 2.25. The van der Waals surface area contributed by atoms with E-state index in [4.69, 9.17) is 0 Å². The summed E-state index contributed by atoms with van der Waals surface area (Å²) < 4.78 is 52.9. The maximum Gasteiger partial charge on any atom is 0.196 e. The molecule has 20 heavy (non-hydrogen) atoms. The van der Waals surface area contributed by atoms with Crippen molar-refractivity contribution in [3.8, 4) is 0 Å². The third kappa shape index (κ3) is 2.95. The molecule has 0 saturated heterocycles. The lowest BCUT2D eigenvalue weighted by Gasteiger charge is -2.17. The molecule has 0 aliphatic rings. The topological polar surface area (TPSA) is 12.0 Å². The van der Waals surface area contributed by atoms with Crippen LogP contribution in [0.25, 0.3) is 0 Å². The second-order valence-electron chi connectivity index (χ2n) is 4.26. The maximum absolute atomic E-state index is 13.5. The smallest absolute Gasteiger partial charge is 0.196 e. The minimum atomic E-state index is -1.53. The average molecular weight is 348 g/mol. The van der Waals surface area contributed by atoms with Crippen molar-refractivity contribution < 1.29 is 17.6 Å². The molecule has 1 atom stereocenters. The van der Waals surface area contributed by atoms with Gasteiger partial charge in [0.2, 0.25) is 0 Å². The van der Waals surface area contributed by atoms with Crippen LogP contribution in [-0.2, 0) is 0 Å². The van der Waals surface area contributed by atoms with Crippen LogP contribution >= 0.6 is 15.9 Å². The Morgan fingerprint density at radius 3 is 2.25 bits per heavy atom. The third-order valence-corrected chi connectivity index (χ3v) is 3.46. The molecule has 0 aliphatic carbocycles. The van der Waals surface area contributed by atoms with E-state index in [0.29, 0.717) is 5.56 Å². The molecule has 2 rings (SSSR count). The Kier molecular flexibility index (Phi) is 4.32. The monoisotopic (exact) mass is 347 g/mol. The number of halogens is 5. The predicted molar refractivity (Wildman–Crippen MR) is 72.5 cm³/mol. The molecule has 0 saturated carbocycles. The first-order chi connectivity index (χ1) is 9.40. The van der Waals surface area contributed by atoms with Gasteiger partial charge in [-0.05, 0) is 52.7 Å². The Hall–Kier alpha value is -1.56. The van der Waals surface area contributed by atoms with Gasteiger partial charge in [0, 0.05) is 6.04 Å². The van der Waals surface area contributed by atoms with E-state index in [2.05, 4.69) is 21.2 Å². The normalized spacial score (nSPS) is 12.3. The molecule has 1 unspecified atom stereocenters. The maximum atomic E-state index is 13.5. The molecule has 6 heteroatoms. The van der Waals surface area contributed by atoms with E-state index in [0.717, 1.165) is 12.1 Å². The lowest BCUT2D eigenvalue weighted by Crippen LogP contribution is -2.09. The van der Waals surface area contributed by atoms with Gasteiger partial charge >= 0.3 is 0 Å². The summed E-state index contributed by atoms with van der Waals surface area (Å²) in [4.78, 5) is 0. The van der Waals surface area contributed by atoms with E-state index in [1.807, 2.05) is 0 Å². The van der Waals surface area contributed by atoms with Crippen LogP contribution in [0.2, 0.25) is 0 Å². The molecule has 2 aromatic rings. The number of hydrogen-bond acceptors (Lipinski definition) is 1. The van der Waals surface area contributed by atoms with Gasteiger partial charge in [-0.1, -0.05) is 6.07 Å². The van der Waals surface area contributed by atoms with Crippen molar-refractivity contribution in [2.45, 2.75) is 13.0 Å². The van der Waals surface area contributed by atoms with Crippen LogP contribution in [0.3, 0.4) is 0 Å². The van der Waals surface area contributed by atoms with Gasteiger partial charge < -0.3 is 5.32 Å². The SMILES string of the molecule is CC(Nc1ccc(F)c(F)c1F)c1ccc(F)c(Br)c1. The van der Waals surface area contributed by atoms with Crippen molar-refractivity contribution in [3.05, 3.63) is 63.6 Å². The van der Waals surface area contributed by atoms with Gasteiger partial charge in [0.15, 0.2) is 17.5 Å². The molecule has 0 bridgehead atoms. The Morgan fingerprint density at radius 2 is 1.60 bits per heavy atom. The zero-order valence-corrected chi connectivity index (χ0v) is 11.9. The fourth-order valence-corrected chi connectivity index (χ4v) is 2.13. The van der Waals surface area contributed by atoms with Gasteiger partial charge in [-0.2, -0.15) is 0 Å². The number of anilines is 1. The molecule has 0 spiro atoms. The molecule has 0 heterocycles. The van der Waals surface area contributed by atoms with Gasteiger partial charge in [0.25, 0.3) is 0 Å². The quantitative estimate of drug-likeness (QED) is 0.595. The van der Waals surface area contributed by atoms with Crippen LogP contribution < -0.4 is 5.32 Å². The highest BCUT2D eigenvalue weighted by Gasteiger charge is 2.16. The van der Waals surface area contributed by atoms with Crippen molar-refractivity contribution in [2.75, 3.05) is 5.32 Å². The summed E-state index contributed by atoms with van der Waals surface area (Å²) in [5.74, 6) is -4.47. The predicted octanol–water partition coefficient (Wildman–Crippen LogP) is 5.18. The fraction of sp³-hybridized carbons (Fsp3) is 0.143. The molecule has 0 fully saturated rings. The van der Waals surface area contributed by atoms with E-state index in [9.17, 15) is 17.6 Å². The van der Waals surface area contributed by atoms with Gasteiger partial charge in [0.05, 0.1) is 10.2 Å². The second kappa shape index (κ2) is 5.83. The van der Waals surface area contributed by atoms with Crippen LogP contribution in [0.15, 0.2) is 34.8 Å². The van der Waals surface area contributed by atoms with E-state index in [1.165, 1.54) is 18.2 Å². The summed E-state index contributed by atoms with van der Waals surface area (Å²) in [5, 5.41) is 2.72. The lowest BCUT2D eigenvalue weighted by atomic mass is 10.1. The molecule has 1 nitrogen and oxygen atoms in total. The second-order valence-corrected chi connectivity index (χ2v) is 5.12. The molecule has 0 aliphatic heterocycles. The van der Waals surface area contributed by atoms with Crippen LogP contribution in [-0.4, -0.2) is 0 Å². The first-order valence-electron chi connectivity index (χ1n) is 5.75.